The van der Waals surface area contributed by atoms with Gasteiger partial charge in [-0.15, -0.1) is 0 Å². The van der Waals surface area contributed by atoms with Gasteiger partial charge >= 0.3 is 5.97 Å². The molecule has 0 saturated heterocycles. The quantitative estimate of drug-likeness (QED) is 0.283. The van der Waals surface area contributed by atoms with Gasteiger partial charge in [0.1, 0.15) is 5.82 Å². The van der Waals surface area contributed by atoms with Crippen LogP contribution in [0.4, 0.5) is 0 Å². The van der Waals surface area contributed by atoms with Crippen LogP contribution in [0, 0.1) is 6.92 Å². The zero-order valence-electron chi connectivity index (χ0n) is 15.8. The Kier molecular flexibility index (Phi) is 5.18. The molecular weight excluding hydrogens is 390 g/mol. The Labute approximate surface area is 170 Å². The summed E-state index contributed by atoms with van der Waals surface area (Å²) in [4.78, 5) is 34.1. The first-order chi connectivity index (χ1) is 14.1. The van der Waals surface area contributed by atoms with Gasteiger partial charge in [-0.3, -0.25) is 4.79 Å². The van der Waals surface area contributed by atoms with Crippen LogP contribution >= 0.6 is 11.8 Å². The van der Waals surface area contributed by atoms with Crippen molar-refractivity contribution in [3.63, 3.8) is 0 Å². The monoisotopic (exact) mass is 407 g/mol. The Morgan fingerprint density at radius 1 is 1.24 bits per heavy atom. The molecule has 0 fully saturated rings. The van der Waals surface area contributed by atoms with E-state index in [1.807, 2.05) is 25.1 Å². The molecular formula is C21H17N3O4S. The molecule has 1 aromatic carbocycles. The lowest BCUT2D eigenvalue weighted by Crippen LogP contribution is -2.22. The molecule has 3 heterocycles. The molecule has 29 heavy (non-hydrogen) atoms. The predicted molar refractivity (Wildman–Crippen MR) is 109 cm³/mol. The molecule has 0 unspecified atom stereocenters. The highest BCUT2D eigenvalue weighted by molar-refractivity contribution is 7.98. The van der Waals surface area contributed by atoms with E-state index >= 15 is 0 Å². The van der Waals surface area contributed by atoms with Gasteiger partial charge in [-0.05, 0) is 42.8 Å². The first-order valence-electron chi connectivity index (χ1n) is 8.81. The largest absolute Gasteiger partial charge is 0.463 e. The van der Waals surface area contributed by atoms with Crippen LogP contribution in [-0.4, -0.2) is 27.6 Å². The van der Waals surface area contributed by atoms with E-state index in [-0.39, 0.29) is 11.3 Å². The number of para-hydroxylation sites is 1. The molecule has 0 amide bonds. The van der Waals surface area contributed by atoms with E-state index in [0.29, 0.717) is 33.2 Å². The van der Waals surface area contributed by atoms with Gasteiger partial charge in [0.25, 0.3) is 5.56 Å². The SMILES string of the molecule is COC(=O)c1occc1CSc1nc2ccccc2c(=O)n1-c1cc(C)ccn1. The molecule has 0 bridgehead atoms. The molecule has 0 atom stereocenters. The summed E-state index contributed by atoms with van der Waals surface area (Å²) >= 11 is 1.32. The average Bonchev–Trinajstić information content (AvgIpc) is 3.20. The summed E-state index contributed by atoms with van der Waals surface area (Å²) in [7, 11) is 1.30. The highest BCUT2D eigenvalue weighted by Gasteiger charge is 2.19. The summed E-state index contributed by atoms with van der Waals surface area (Å²) in [6, 6.07) is 12.6. The van der Waals surface area contributed by atoms with Crippen molar-refractivity contribution < 1.29 is 13.9 Å². The molecule has 146 valence electrons. The molecule has 0 saturated carbocycles. The van der Waals surface area contributed by atoms with Crippen molar-refractivity contribution in [2.45, 2.75) is 17.8 Å². The number of benzene rings is 1. The molecule has 0 aliphatic carbocycles. The molecule has 0 aliphatic rings. The van der Waals surface area contributed by atoms with E-state index in [0.717, 1.165) is 5.56 Å². The van der Waals surface area contributed by atoms with E-state index in [2.05, 4.69) is 9.97 Å². The number of rotatable bonds is 5. The van der Waals surface area contributed by atoms with Gasteiger partial charge in [-0.25, -0.2) is 19.3 Å². The van der Waals surface area contributed by atoms with Gasteiger partial charge in [0.15, 0.2) is 5.16 Å². The Morgan fingerprint density at radius 3 is 2.86 bits per heavy atom. The highest BCUT2D eigenvalue weighted by atomic mass is 32.2. The van der Waals surface area contributed by atoms with E-state index in [1.54, 1.807) is 30.5 Å². The molecule has 3 aromatic heterocycles. The summed E-state index contributed by atoms with van der Waals surface area (Å²) in [5, 5.41) is 0.988. The lowest BCUT2D eigenvalue weighted by atomic mass is 10.2. The summed E-state index contributed by atoms with van der Waals surface area (Å²) in [6.07, 6.45) is 3.09. The zero-order valence-corrected chi connectivity index (χ0v) is 16.6. The number of pyridine rings is 1. The highest BCUT2D eigenvalue weighted by Crippen LogP contribution is 2.26. The first kappa shape index (κ1) is 18.9. The van der Waals surface area contributed by atoms with Crippen LogP contribution in [0.25, 0.3) is 16.7 Å². The molecule has 8 heteroatoms. The second kappa shape index (κ2) is 7.92. The zero-order chi connectivity index (χ0) is 20.4. The number of thioether (sulfide) groups is 1. The molecule has 0 spiro atoms. The van der Waals surface area contributed by atoms with Crippen LogP contribution < -0.4 is 5.56 Å². The van der Waals surface area contributed by atoms with Gasteiger partial charge in [-0.2, -0.15) is 0 Å². The van der Waals surface area contributed by atoms with E-state index in [4.69, 9.17) is 9.15 Å². The minimum Gasteiger partial charge on any atom is -0.463 e. The van der Waals surface area contributed by atoms with Crippen molar-refractivity contribution in [3.8, 4) is 5.82 Å². The number of hydrogen-bond acceptors (Lipinski definition) is 7. The fourth-order valence-electron chi connectivity index (χ4n) is 2.92. The number of aromatic nitrogens is 3. The number of hydrogen-bond donors (Lipinski definition) is 0. The maximum Gasteiger partial charge on any atom is 0.374 e. The normalized spacial score (nSPS) is 11.0. The van der Waals surface area contributed by atoms with Gasteiger partial charge in [0.05, 0.1) is 24.3 Å². The van der Waals surface area contributed by atoms with Crippen molar-refractivity contribution >= 4 is 28.6 Å². The number of nitrogens with zero attached hydrogens (tertiary/aromatic N) is 3. The Bertz CT molecular complexity index is 1260. The lowest BCUT2D eigenvalue weighted by Gasteiger charge is -2.12. The van der Waals surface area contributed by atoms with Crippen LogP contribution in [0.1, 0.15) is 21.7 Å². The third-order valence-electron chi connectivity index (χ3n) is 4.35. The predicted octanol–water partition coefficient (Wildman–Crippen LogP) is 3.76. The Hall–Kier alpha value is -3.39. The second-order valence-electron chi connectivity index (χ2n) is 6.30. The van der Waals surface area contributed by atoms with E-state index in [1.165, 1.54) is 29.7 Å². The number of methoxy groups -OCH3 is 1. The van der Waals surface area contributed by atoms with Crippen LogP contribution in [0.3, 0.4) is 0 Å². The number of fused-ring (bicyclic) bond motifs is 1. The van der Waals surface area contributed by atoms with Crippen LogP contribution in [0.15, 0.2) is 69.3 Å². The van der Waals surface area contributed by atoms with Gasteiger partial charge < -0.3 is 9.15 Å². The van der Waals surface area contributed by atoms with E-state index in [9.17, 15) is 9.59 Å². The smallest absolute Gasteiger partial charge is 0.374 e. The average molecular weight is 407 g/mol. The number of ether oxygens (including phenoxy) is 1. The summed E-state index contributed by atoms with van der Waals surface area (Å²) in [5.41, 5.74) is 2.04. The third-order valence-corrected chi connectivity index (χ3v) is 5.34. The molecule has 0 N–H and O–H groups in total. The number of aryl methyl sites for hydroxylation is 1. The van der Waals surface area contributed by atoms with Gasteiger partial charge in [0, 0.05) is 17.5 Å². The van der Waals surface area contributed by atoms with Crippen LogP contribution in [0.5, 0.6) is 0 Å². The van der Waals surface area contributed by atoms with Crippen molar-refractivity contribution in [1.29, 1.82) is 0 Å². The first-order valence-corrected chi connectivity index (χ1v) is 9.79. The van der Waals surface area contributed by atoms with Crippen molar-refractivity contribution in [2.75, 3.05) is 7.11 Å². The number of esters is 1. The summed E-state index contributed by atoms with van der Waals surface area (Å²) in [5.74, 6) is 0.465. The summed E-state index contributed by atoms with van der Waals surface area (Å²) in [6.45, 7) is 1.94. The molecule has 4 aromatic rings. The third kappa shape index (κ3) is 3.66. The molecule has 4 rings (SSSR count). The maximum absolute atomic E-state index is 13.2. The Morgan fingerprint density at radius 2 is 2.07 bits per heavy atom. The van der Waals surface area contributed by atoms with Crippen LogP contribution in [0.2, 0.25) is 0 Å². The van der Waals surface area contributed by atoms with Crippen LogP contribution in [-0.2, 0) is 10.5 Å². The number of carbonyl (C=O) groups is 1. The minimum absolute atomic E-state index is 0.142. The maximum atomic E-state index is 13.2. The standard InChI is InChI=1S/C21H17N3O4S/c1-13-7-9-22-17(11-13)24-19(25)15-5-3-4-6-16(15)23-21(24)29-12-14-8-10-28-18(14)20(26)27-2/h3-11H,12H2,1-2H3. The lowest BCUT2D eigenvalue weighted by molar-refractivity contribution is 0.0564. The summed E-state index contributed by atoms with van der Waals surface area (Å²) < 4.78 is 11.5. The van der Waals surface area contributed by atoms with Crippen molar-refractivity contribution in [2.24, 2.45) is 0 Å². The number of furan rings is 1. The topological polar surface area (TPSA) is 87.2 Å². The second-order valence-corrected chi connectivity index (χ2v) is 7.24. The fourth-order valence-corrected chi connectivity index (χ4v) is 3.90. The fraction of sp³-hybridized carbons (Fsp3) is 0.143. The van der Waals surface area contributed by atoms with Gasteiger partial charge in [-0.1, -0.05) is 23.9 Å². The minimum atomic E-state index is -0.546. The molecule has 0 radical (unpaired) electrons. The molecule has 7 nitrogen and oxygen atoms in total. The Balaban J connectivity index is 1.81. The van der Waals surface area contributed by atoms with Gasteiger partial charge in [0.2, 0.25) is 5.76 Å². The number of carbonyl (C=O) groups excluding carboxylic acids is 1. The molecule has 0 aliphatic heterocycles. The van der Waals surface area contributed by atoms with Crippen molar-refractivity contribution in [1.82, 2.24) is 14.5 Å². The van der Waals surface area contributed by atoms with Crippen molar-refractivity contribution in [3.05, 3.63) is 82.2 Å². The van der Waals surface area contributed by atoms with E-state index < -0.39 is 5.97 Å².